The number of fused-ring (bicyclic) bond motifs is 6. The second-order valence-electron chi connectivity index (χ2n) is 14.1. The molecule has 0 saturated carbocycles. The van der Waals surface area contributed by atoms with Crippen LogP contribution in [-0.2, 0) is 0 Å². The lowest BCUT2D eigenvalue weighted by Gasteiger charge is -2.16. The Morgan fingerprint density at radius 2 is 0.714 bits per heavy atom. The molecule has 4 heterocycles. The largest absolute Gasteiger partial charge is 0.309 e. The van der Waals surface area contributed by atoms with Gasteiger partial charge >= 0.3 is 0 Å². The van der Waals surface area contributed by atoms with Crippen molar-refractivity contribution in [1.29, 1.82) is 0 Å². The van der Waals surface area contributed by atoms with Crippen molar-refractivity contribution in [1.82, 2.24) is 24.1 Å². The molecule has 5 nitrogen and oxygen atoms in total. The van der Waals surface area contributed by atoms with Crippen LogP contribution >= 0.6 is 0 Å². The number of para-hydroxylation sites is 4. The zero-order valence-electron chi connectivity index (χ0n) is 30.3. The van der Waals surface area contributed by atoms with Gasteiger partial charge in [0.25, 0.3) is 0 Å². The Morgan fingerprint density at radius 1 is 0.304 bits per heavy atom. The molecule has 0 saturated heterocycles. The van der Waals surface area contributed by atoms with E-state index in [4.69, 9.17) is 9.97 Å². The molecule has 0 amide bonds. The van der Waals surface area contributed by atoms with Crippen LogP contribution in [-0.4, -0.2) is 24.1 Å². The normalized spacial score (nSPS) is 11.6. The summed E-state index contributed by atoms with van der Waals surface area (Å²) in [5.74, 6) is 0.678. The van der Waals surface area contributed by atoms with Gasteiger partial charge in [-0.1, -0.05) is 127 Å². The molecular formula is C51H33N5. The van der Waals surface area contributed by atoms with Gasteiger partial charge in [0.2, 0.25) is 0 Å². The lowest BCUT2D eigenvalue weighted by Crippen LogP contribution is -2.01. The summed E-state index contributed by atoms with van der Waals surface area (Å²) < 4.78 is 4.78. The molecular weight excluding hydrogens is 683 g/mol. The van der Waals surface area contributed by atoms with E-state index in [0.29, 0.717) is 5.82 Å². The average molecular weight is 716 g/mol. The number of aromatic nitrogens is 5. The van der Waals surface area contributed by atoms with Crippen molar-refractivity contribution < 1.29 is 0 Å². The molecule has 7 aromatic carbocycles. The van der Waals surface area contributed by atoms with Crippen LogP contribution in [0.15, 0.2) is 200 Å². The van der Waals surface area contributed by atoms with Gasteiger partial charge in [-0.15, -0.1) is 0 Å². The van der Waals surface area contributed by atoms with Crippen LogP contribution in [0, 0.1) is 0 Å². The highest BCUT2D eigenvalue weighted by Crippen LogP contribution is 2.38. The molecule has 262 valence electrons. The second kappa shape index (κ2) is 13.0. The summed E-state index contributed by atoms with van der Waals surface area (Å²) in [6.45, 7) is 0. The highest BCUT2D eigenvalue weighted by molar-refractivity contribution is 6.10. The zero-order valence-corrected chi connectivity index (χ0v) is 30.3. The van der Waals surface area contributed by atoms with Crippen LogP contribution < -0.4 is 0 Å². The van der Waals surface area contributed by atoms with Crippen LogP contribution in [0.2, 0.25) is 0 Å². The van der Waals surface area contributed by atoms with Gasteiger partial charge in [-0.3, -0.25) is 4.98 Å². The van der Waals surface area contributed by atoms with Crippen LogP contribution in [0.25, 0.3) is 100 Å². The van der Waals surface area contributed by atoms with E-state index in [2.05, 4.69) is 172 Å². The van der Waals surface area contributed by atoms with Crippen molar-refractivity contribution in [3.8, 4) is 56.4 Å². The maximum Gasteiger partial charge on any atom is 0.160 e. The summed E-state index contributed by atoms with van der Waals surface area (Å²) in [4.78, 5) is 14.7. The number of rotatable bonds is 6. The fraction of sp³-hybridized carbons (Fsp3) is 0. The van der Waals surface area contributed by atoms with Gasteiger partial charge in [0.15, 0.2) is 5.82 Å². The van der Waals surface area contributed by atoms with Crippen molar-refractivity contribution in [2.45, 2.75) is 0 Å². The number of nitrogens with zero attached hydrogens (tertiary/aromatic N) is 5. The third kappa shape index (κ3) is 5.29. The molecule has 0 unspecified atom stereocenters. The Kier molecular flexibility index (Phi) is 7.42. The van der Waals surface area contributed by atoms with E-state index in [1.54, 1.807) is 0 Å². The molecule has 0 atom stereocenters. The Balaban J connectivity index is 1.19. The van der Waals surface area contributed by atoms with Crippen molar-refractivity contribution in [3.05, 3.63) is 200 Å². The fourth-order valence-electron chi connectivity index (χ4n) is 8.24. The minimum absolute atomic E-state index is 0.678. The van der Waals surface area contributed by atoms with Crippen LogP contribution in [0.4, 0.5) is 0 Å². The minimum Gasteiger partial charge on any atom is -0.309 e. The average Bonchev–Trinajstić information content (AvgIpc) is 3.80. The summed E-state index contributed by atoms with van der Waals surface area (Å²) in [5, 5.41) is 4.88. The Labute approximate surface area is 323 Å². The quantitative estimate of drug-likeness (QED) is 0.172. The fourth-order valence-corrected chi connectivity index (χ4v) is 8.24. The predicted molar refractivity (Wildman–Crippen MR) is 230 cm³/mol. The molecule has 56 heavy (non-hydrogen) atoms. The van der Waals surface area contributed by atoms with Gasteiger partial charge < -0.3 is 9.13 Å². The van der Waals surface area contributed by atoms with Crippen LogP contribution in [0.3, 0.4) is 0 Å². The summed E-state index contributed by atoms with van der Waals surface area (Å²) in [5.41, 5.74) is 13.7. The van der Waals surface area contributed by atoms with E-state index in [9.17, 15) is 0 Å². The first-order chi connectivity index (χ1) is 27.8. The van der Waals surface area contributed by atoms with Crippen LogP contribution in [0.5, 0.6) is 0 Å². The topological polar surface area (TPSA) is 48.5 Å². The maximum absolute atomic E-state index is 5.32. The van der Waals surface area contributed by atoms with Crippen LogP contribution in [0.1, 0.15) is 0 Å². The number of hydrogen-bond donors (Lipinski definition) is 0. The molecule has 0 aliphatic heterocycles. The second-order valence-corrected chi connectivity index (χ2v) is 14.1. The first kappa shape index (κ1) is 31.9. The molecule has 0 aliphatic carbocycles. The van der Waals surface area contributed by atoms with Crippen molar-refractivity contribution in [3.63, 3.8) is 0 Å². The number of hydrogen-bond acceptors (Lipinski definition) is 3. The highest BCUT2D eigenvalue weighted by Gasteiger charge is 2.19. The van der Waals surface area contributed by atoms with Gasteiger partial charge in [-0.05, 0) is 71.8 Å². The van der Waals surface area contributed by atoms with Gasteiger partial charge in [-0.25, -0.2) is 9.97 Å². The zero-order chi connectivity index (χ0) is 37.0. The Bertz CT molecular complexity index is 2990. The lowest BCUT2D eigenvalue weighted by atomic mass is 10.0. The molecule has 4 aromatic heterocycles. The molecule has 0 bridgehead atoms. The van der Waals surface area contributed by atoms with E-state index in [1.165, 1.54) is 21.5 Å². The Morgan fingerprint density at radius 3 is 1.21 bits per heavy atom. The first-order valence-corrected chi connectivity index (χ1v) is 18.8. The molecule has 5 heteroatoms. The van der Waals surface area contributed by atoms with Crippen molar-refractivity contribution in [2.75, 3.05) is 0 Å². The molecule has 11 rings (SSSR count). The number of benzene rings is 7. The van der Waals surface area contributed by atoms with Gasteiger partial charge in [0.1, 0.15) is 0 Å². The summed E-state index contributed by atoms with van der Waals surface area (Å²) >= 11 is 0. The molecule has 0 fully saturated rings. The van der Waals surface area contributed by atoms with E-state index in [0.717, 1.165) is 72.6 Å². The van der Waals surface area contributed by atoms with E-state index in [-0.39, 0.29) is 0 Å². The van der Waals surface area contributed by atoms with Gasteiger partial charge in [0.05, 0.1) is 33.5 Å². The van der Waals surface area contributed by atoms with Gasteiger partial charge in [-0.2, -0.15) is 0 Å². The predicted octanol–water partition coefficient (Wildman–Crippen LogP) is 12.7. The van der Waals surface area contributed by atoms with Gasteiger partial charge in [0, 0.05) is 62.0 Å². The maximum atomic E-state index is 5.32. The van der Waals surface area contributed by atoms with E-state index in [1.807, 2.05) is 42.7 Å². The summed E-state index contributed by atoms with van der Waals surface area (Å²) in [6, 6.07) is 66.6. The third-order valence-corrected chi connectivity index (χ3v) is 10.8. The molecule has 0 radical (unpaired) electrons. The Hall–Kier alpha value is -7.63. The smallest absolute Gasteiger partial charge is 0.160 e. The SMILES string of the molecule is c1ccc(-c2nc(-c3ccc(-c4ccncc4)cc3)cc(-c3cc(-n4c5ccccc5c5ccccc54)cc(-n4c5ccccc5c5ccccc54)c3)n2)cc1. The van der Waals surface area contributed by atoms with E-state index < -0.39 is 0 Å². The molecule has 11 aromatic rings. The van der Waals surface area contributed by atoms with E-state index >= 15 is 0 Å². The number of pyridine rings is 1. The standard InChI is InChI=1S/C51H33N5/c1-2-12-37(13-3-1)51-53-45(36-24-22-34(23-25-36)35-26-28-52-29-27-35)33-46(54-51)38-30-39(55-47-18-8-4-14-41(47)42-15-5-9-19-48(42)55)32-40(31-38)56-49-20-10-6-16-43(49)44-17-7-11-21-50(44)56/h1-33H. The first-order valence-electron chi connectivity index (χ1n) is 18.8. The summed E-state index contributed by atoms with van der Waals surface area (Å²) in [7, 11) is 0. The monoisotopic (exact) mass is 715 g/mol. The third-order valence-electron chi connectivity index (χ3n) is 10.8. The summed E-state index contributed by atoms with van der Waals surface area (Å²) in [6.07, 6.45) is 3.65. The van der Waals surface area contributed by atoms with Crippen molar-refractivity contribution >= 4 is 43.6 Å². The van der Waals surface area contributed by atoms with Crippen molar-refractivity contribution in [2.24, 2.45) is 0 Å². The molecule has 0 aliphatic rings. The minimum atomic E-state index is 0.678. The molecule has 0 N–H and O–H groups in total. The highest BCUT2D eigenvalue weighted by atomic mass is 15.0. The molecule has 0 spiro atoms. The lowest BCUT2D eigenvalue weighted by molar-refractivity contribution is 1.13.